The van der Waals surface area contributed by atoms with Crippen molar-refractivity contribution in [3.63, 3.8) is 0 Å². The van der Waals surface area contributed by atoms with E-state index in [-0.39, 0.29) is 12.9 Å². The van der Waals surface area contributed by atoms with Crippen LogP contribution < -0.4 is 24.4 Å². The summed E-state index contributed by atoms with van der Waals surface area (Å²) in [5.74, 6) is 2.21. The second-order valence-electron chi connectivity index (χ2n) is 7.44. The molecule has 1 spiro atoms. The summed E-state index contributed by atoms with van der Waals surface area (Å²) in [5, 5.41) is 4.64. The average Bonchev–Trinajstić information content (AvgIpc) is 3.43. The zero-order valence-corrected chi connectivity index (χ0v) is 16.9. The minimum Gasteiger partial charge on any atom is -0.490 e. The van der Waals surface area contributed by atoms with Crippen LogP contribution in [0.15, 0.2) is 47.7 Å². The number of halogens is 1. The Morgan fingerprint density at radius 1 is 1.10 bits per heavy atom. The van der Waals surface area contributed by atoms with Gasteiger partial charge in [0.2, 0.25) is 6.79 Å². The Hall–Kier alpha value is -2.64. The van der Waals surface area contributed by atoms with Crippen LogP contribution in [0.2, 0.25) is 0 Å². The van der Waals surface area contributed by atoms with Crippen molar-refractivity contribution in [2.24, 2.45) is 0 Å². The van der Waals surface area contributed by atoms with Gasteiger partial charge >= 0.3 is 0 Å². The Labute approximate surface area is 177 Å². The molecule has 0 fully saturated rings. The number of anilines is 1. The molecule has 2 aromatic carbocycles. The summed E-state index contributed by atoms with van der Waals surface area (Å²) in [7, 11) is 0. The van der Waals surface area contributed by atoms with Gasteiger partial charge in [-0.3, -0.25) is 0 Å². The number of ether oxygens (including phenoxy) is 4. The van der Waals surface area contributed by atoms with Crippen molar-refractivity contribution in [3.8, 4) is 17.2 Å². The fourth-order valence-corrected chi connectivity index (χ4v) is 5.00. The number of fused-ring (bicyclic) bond motifs is 5. The molecular weight excluding hydrogens is 412 g/mol. The van der Waals surface area contributed by atoms with Gasteiger partial charge < -0.3 is 29.2 Å². The van der Waals surface area contributed by atoms with E-state index in [1.807, 2.05) is 30.3 Å². The van der Waals surface area contributed by atoms with Gasteiger partial charge in [0, 0.05) is 29.3 Å². The Balaban J connectivity index is 1.43. The van der Waals surface area contributed by atoms with Crippen molar-refractivity contribution in [1.29, 1.82) is 0 Å². The zero-order chi connectivity index (χ0) is 19.6. The average molecular weight is 429 g/mol. The molecule has 1 N–H and O–H groups in total. The molecule has 0 bridgehead atoms. The molecule has 148 valence electrons. The molecule has 29 heavy (non-hydrogen) atoms. The maximum Gasteiger partial charge on any atom is 0.231 e. The summed E-state index contributed by atoms with van der Waals surface area (Å²) in [6.07, 6.45) is 2.62. The Morgan fingerprint density at radius 2 is 1.93 bits per heavy atom. The van der Waals surface area contributed by atoms with Crippen LogP contribution in [0, 0.1) is 0 Å². The van der Waals surface area contributed by atoms with Gasteiger partial charge in [0.15, 0.2) is 21.8 Å². The van der Waals surface area contributed by atoms with Gasteiger partial charge in [0.25, 0.3) is 0 Å². The first-order valence-corrected chi connectivity index (χ1v) is 10.2. The Bertz CT molecular complexity index is 1070. The van der Waals surface area contributed by atoms with Crippen molar-refractivity contribution >= 4 is 34.6 Å². The van der Waals surface area contributed by atoms with Crippen molar-refractivity contribution < 1.29 is 18.9 Å². The first-order chi connectivity index (χ1) is 14.1. The van der Waals surface area contributed by atoms with Crippen LogP contribution in [0.25, 0.3) is 0 Å². The molecule has 4 aliphatic rings. The lowest BCUT2D eigenvalue weighted by Crippen LogP contribution is -2.58. The lowest BCUT2D eigenvalue weighted by atomic mass is 9.81. The van der Waals surface area contributed by atoms with E-state index in [0.717, 1.165) is 34.7 Å². The summed E-state index contributed by atoms with van der Waals surface area (Å²) in [5.41, 5.74) is 2.56. The van der Waals surface area contributed by atoms with Crippen LogP contribution in [0.1, 0.15) is 17.5 Å². The third-order valence-corrected chi connectivity index (χ3v) is 6.37. The van der Waals surface area contributed by atoms with E-state index in [1.165, 1.54) is 0 Å². The standard InChI is InChI=1S/C21H17ClN2O4S/c22-19-6-5-12(28-19)9-24-15-4-2-1-3-13(15)21(23-20(24)29)10-25-16-8-18-17(7-14(16)21)26-11-27-18/h1-4,6-8,12H,5,9-11H2,(H,23,29). The Kier molecular flexibility index (Phi) is 3.67. The normalized spacial score (nSPS) is 25.8. The van der Waals surface area contributed by atoms with Gasteiger partial charge in [-0.1, -0.05) is 18.2 Å². The molecule has 0 aliphatic carbocycles. The molecule has 2 unspecified atom stereocenters. The van der Waals surface area contributed by atoms with E-state index >= 15 is 0 Å². The largest absolute Gasteiger partial charge is 0.490 e. The predicted molar refractivity (Wildman–Crippen MR) is 112 cm³/mol. The molecule has 0 amide bonds. The van der Waals surface area contributed by atoms with Gasteiger partial charge in [0.05, 0.1) is 6.54 Å². The molecule has 2 aromatic rings. The minimum absolute atomic E-state index is 0.0368. The van der Waals surface area contributed by atoms with E-state index in [1.54, 1.807) is 0 Å². The van der Waals surface area contributed by atoms with E-state index in [0.29, 0.717) is 29.2 Å². The van der Waals surface area contributed by atoms with E-state index in [4.69, 9.17) is 42.8 Å². The maximum absolute atomic E-state index is 6.08. The molecule has 0 radical (unpaired) electrons. The van der Waals surface area contributed by atoms with Crippen LogP contribution in [-0.4, -0.2) is 31.2 Å². The first-order valence-electron chi connectivity index (χ1n) is 9.42. The van der Waals surface area contributed by atoms with Crippen molar-refractivity contribution in [1.82, 2.24) is 5.32 Å². The molecule has 0 saturated heterocycles. The molecule has 0 aromatic heterocycles. The molecule has 8 heteroatoms. The van der Waals surface area contributed by atoms with Gasteiger partial charge in [-0.05, 0) is 42.0 Å². The van der Waals surface area contributed by atoms with Crippen LogP contribution in [-0.2, 0) is 10.3 Å². The second-order valence-corrected chi connectivity index (χ2v) is 8.20. The second kappa shape index (κ2) is 6.18. The van der Waals surface area contributed by atoms with Crippen molar-refractivity contribution in [3.05, 3.63) is 58.8 Å². The van der Waals surface area contributed by atoms with E-state index in [2.05, 4.69) is 22.3 Å². The molecule has 4 heterocycles. The first kappa shape index (κ1) is 17.2. The van der Waals surface area contributed by atoms with Crippen molar-refractivity contribution in [2.75, 3.05) is 24.8 Å². The third-order valence-electron chi connectivity index (χ3n) is 5.81. The molecule has 6 rings (SSSR count). The summed E-state index contributed by atoms with van der Waals surface area (Å²) in [6, 6.07) is 12.1. The van der Waals surface area contributed by atoms with Crippen LogP contribution >= 0.6 is 23.8 Å². The number of hydrogen-bond donors (Lipinski definition) is 1. The monoisotopic (exact) mass is 428 g/mol. The highest BCUT2D eigenvalue weighted by molar-refractivity contribution is 7.80. The highest BCUT2D eigenvalue weighted by Gasteiger charge is 2.49. The Morgan fingerprint density at radius 3 is 2.76 bits per heavy atom. The van der Waals surface area contributed by atoms with Gasteiger partial charge in [-0.25, -0.2) is 0 Å². The number of nitrogens with one attached hydrogen (secondary N) is 1. The maximum atomic E-state index is 6.08. The molecule has 2 atom stereocenters. The molecule has 6 nitrogen and oxygen atoms in total. The summed E-state index contributed by atoms with van der Waals surface area (Å²) >= 11 is 11.8. The predicted octanol–water partition coefficient (Wildman–Crippen LogP) is 3.61. The number of benzene rings is 2. The van der Waals surface area contributed by atoms with Gasteiger partial charge in [-0.2, -0.15) is 0 Å². The minimum atomic E-state index is -0.576. The SMILES string of the molecule is S=C1NC2(COc3cc4c(cc32)OCO4)c2ccccc2N1CC1CC=C(Cl)O1. The number of para-hydroxylation sites is 1. The molecule has 4 aliphatic heterocycles. The smallest absolute Gasteiger partial charge is 0.231 e. The topological polar surface area (TPSA) is 52.2 Å². The molecule has 0 saturated carbocycles. The highest BCUT2D eigenvalue weighted by Crippen LogP contribution is 2.51. The lowest BCUT2D eigenvalue weighted by molar-refractivity contribution is 0.167. The van der Waals surface area contributed by atoms with Gasteiger partial charge in [-0.15, -0.1) is 0 Å². The molecular formula is C21H17ClN2O4S. The van der Waals surface area contributed by atoms with Gasteiger partial charge in [0.1, 0.15) is 24.0 Å². The number of nitrogens with zero attached hydrogens (tertiary/aromatic N) is 1. The fraction of sp³-hybridized carbons (Fsp3) is 0.286. The zero-order valence-electron chi connectivity index (χ0n) is 15.3. The van der Waals surface area contributed by atoms with Crippen molar-refractivity contribution in [2.45, 2.75) is 18.1 Å². The summed E-state index contributed by atoms with van der Waals surface area (Å²) in [4.78, 5) is 2.08. The number of thiocarbonyl (C=S) groups is 1. The number of rotatable bonds is 2. The highest BCUT2D eigenvalue weighted by atomic mass is 35.5. The van der Waals surface area contributed by atoms with Crippen LogP contribution in [0.5, 0.6) is 17.2 Å². The summed E-state index contributed by atoms with van der Waals surface area (Å²) < 4.78 is 22.9. The van der Waals surface area contributed by atoms with Crippen LogP contribution in [0.3, 0.4) is 0 Å². The fourth-order valence-electron chi connectivity index (χ4n) is 4.44. The van der Waals surface area contributed by atoms with E-state index in [9.17, 15) is 0 Å². The summed E-state index contributed by atoms with van der Waals surface area (Å²) in [6.45, 7) is 1.27. The quantitative estimate of drug-likeness (QED) is 0.733. The number of hydrogen-bond acceptors (Lipinski definition) is 5. The third kappa shape index (κ3) is 2.50. The lowest BCUT2D eigenvalue weighted by Gasteiger charge is -2.43. The van der Waals surface area contributed by atoms with E-state index < -0.39 is 5.54 Å². The van der Waals surface area contributed by atoms with Crippen LogP contribution in [0.4, 0.5) is 5.69 Å².